The number of fused-ring (bicyclic) bond motifs is 4. The number of hydrogen-bond acceptors (Lipinski definition) is 5. The van der Waals surface area contributed by atoms with Crippen LogP contribution in [0.2, 0.25) is 0 Å². The summed E-state index contributed by atoms with van der Waals surface area (Å²) in [5, 5.41) is 32.2. The van der Waals surface area contributed by atoms with E-state index in [-0.39, 0.29) is 40.0 Å². The van der Waals surface area contributed by atoms with Crippen molar-refractivity contribution in [2.24, 2.45) is 50.7 Å². The minimum Gasteiger partial charge on any atom is -0.393 e. The molecule has 1 heterocycles. The molecule has 5 heteroatoms. The van der Waals surface area contributed by atoms with Crippen molar-refractivity contribution in [3.05, 3.63) is 0 Å². The zero-order chi connectivity index (χ0) is 25.6. The number of ether oxygens (including phenoxy) is 1. The summed E-state index contributed by atoms with van der Waals surface area (Å²) in [6, 6.07) is 0. The second-order valence-electron chi connectivity index (χ2n) is 15.5. The van der Waals surface area contributed by atoms with Crippen molar-refractivity contribution in [1.29, 1.82) is 0 Å². The Labute approximate surface area is 211 Å². The molecule has 5 nitrogen and oxygen atoms in total. The minimum atomic E-state index is -1.26. The maximum absolute atomic E-state index is 14.5. The van der Waals surface area contributed by atoms with Gasteiger partial charge in [0.25, 0.3) is 0 Å². The van der Waals surface area contributed by atoms with Crippen molar-refractivity contribution in [2.45, 2.75) is 130 Å². The first-order valence-electron chi connectivity index (χ1n) is 14.4. The lowest BCUT2D eigenvalue weighted by atomic mass is 9.41. The van der Waals surface area contributed by atoms with Crippen LogP contribution in [0.1, 0.15) is 99.8 Å². The predicted molar refractivity (Wildman–Crippen MR) is 133 cm³/mol. The molecule has 0 aromatic carbocycles. The number of carbonyl (C=O) groups excluding carboxylic acids is 1. The van der Waals surface area contributed by atoms with Crippen LogP contribution in [0.15, 0.2) is 0 Å². The fourth-order valence-corrected chi connectivity index (χ4v) is 11.7. The first kappa shape index (κ1) is 24.8. The molecule has 1 saturated heterocycles. The number of aliphatic hydroxyl groups excluding tert-OH is 2. The summed E-state index contributed by atoms with van der Waals surface area (Å²) >= 11 is 0. The maximum Gasteiger partial charge on any atom is 0.168 e. The van der Waals surface area contributed by atoms with Crippen molar-refractivity contribution < 1.29 is 24.9 Å². The van der Waals surface area contributed by atoms with Crippen LogP contribution in [-0.2, 0) is 9.53 Å². The van der Waals surface area contributed by atoms with Gasteiger partial charge < -0.3 is 20.1 Å². The number of aliphatic hydroxyl groups is 3. The Kier molecular flexibility index (Phi) is 4.91. The van der Waals surface area contributed by atoms with E-state index >= 15 is 0 Å². The molecule has 5 saturated carbocycles. The number of hydrogen-bond donors (Lipinski definition) is 3. The highest BCUT2D eigenvalue weighted by molar-refractivity contribution is 5.93. The van der Waals surface area contributed by atoms with Gasteiger partial charge in [0.2, 0.25) is 0 Å². The Morgan fingerprint density at radius 2 is 1.63 bits per heavy atom. The number of ketones is 1. The Morgan fingerprint density at radius 1 is 1.00 bits per heavy atom. The molecule has 0 bridgehead atoms. The molecule has 6 aliphatic rings. The first-order valence-corrected chi connectivity index (χ1v) is 14.4. The van der Waals surface area contributed by atoms with Gasteiger partial charge in [0.05, 0.1) is 17.8 Å². The van der Waals surface area contributed by atoms with E-state index in [9.17, 15) is 20.1 Å². The Bertz CT molecular complexity index is 938. The lowest BCUT2D eigenvalue weighted by molar-refractivity contribution is -0.193. The summed E-state index contributed by atoms with van der Waals surface area (Å²) in [4.78, 5) is 14.5. The molecule has 6 rings (SSSR count). The average Bonchev–Trinajstić information content (AvgIpc) is 3.40. The molecule has 6 fully saturated rings. The smallest absolute Gasteiger partial charge is 0.168 e. The molecule has 2 unspecified atom stereocenters. The van der Waals surface area contributed by atoms with E-state index in [1.165, 1.54) is 12.8 Å². The van der Waals surface area contributed by atoms with Gasteiger partial charge in [0.15, 0.2) is 5.78 Å². The Morgan fingerprint density at radius 3 is 2.29 bits per heavy atom. The van der Waals surface area contributed by atoms with E-state index in [0.29, 0.717) is 23.7 Å². The van der Waals surface area contributed by atoms with Gasteiger partial charge in [-0.05, 0) is 105 Å². The predicted octanol–water partition coefficient (Wildman–Crippen LogP) is 4.50. The fraction of sp³-hybridized carbons (Fsp3) is 0.967. The van der Waals surface area contributed by atoms with Crippen LogP contribution in [0.25, 0.3) is 0 Å². The molecule has 2 spiro atoms. The second-order valence-corrected chi connectivity index (χ2v) is 15.5. The molecule has 0 aromatic rings. The lowest BCUT2D eigenvalue weighted by Crippen LogP contribution is -2.59. The van der Waals surface area contributed by atoms with Gasteiger partial charge in [-0.3, -0.25) is 4.79 Å². The molecule has 0 amide bonds. The summed E-state index contributed by atoms with van der Waals surface area (Å²) in [6.07, 6.45) is 6.14. The van der Waals surface area contributed by atoms with Gasteiger partial charge in [0.1, 0.15) is 12.2 Å². The average molecular weight is 489 g/mol. The van der Waals surface area contributed by atoms with E-state index in [4.69, 9.17) is 4.74 Å². The van der Waals surface area contributed by atoms with Gasteiger partial charge in [0, 0.05) is 11.3 Å². The molecular formula is C30H48O5. The minimum absolute atomic E-state index is 0.0554. The monoisotopic (exact) mass is 488 g/mol. The first-order chi connectivity index (χ1) is 16.1. The molecule has 0 radical (unpaired) electrons. The number of rotatable bonds is 2. The van der Waals surface area contributed by atoms with Crippen LogP contribution in [-0.4, -0.2) is 51.1 Å². The zero-order valence-electron chi connectivity index (χ0n) is 22.9. The van der Waals surface area contributed by atoms with Crippen molar-refractivity contribution in [1.82, 2.24) is 0 Å². The largest absolute Gasteiger partial charge is 0.393 e. The molecular weight excluding hydrogens is 440 g/mol. The van der Waals surface area contributed by atoms with Crippen LogP contribution in [0.4, 0.5) is 0 Å². The van der Waals surface area contributed by atoms with E-state index in [1.807, 2.05) is 0 Å². The van der Waals surface area contributed by atoms with E-state index in [0.717, 1.165) is 32.1 Å². The fourth-order valence-electron chi connectivity index (χ4n) is 11.7. The zero-order valence-corrected chi connectivity index (χ0v) is 22.9. The Hall–Kier alpha value is -0.490. The highest BCUT2D eigenvalue weighted by atomic mass is 16.5. The molecule has 198 valence electrons. The van der Waals surface area contributed by atoms with Crippen LogP contribution in [0.5, 0.6) is 0 Å². The summed E-state index contributed by atoms with van der Waals surface area (Å²) < 4.78 is 6.49. The quantitative estimate of drug-likeness (QED) is 0.533. The number of carbonyl (C=O) groups is 1. The summed E-state index contributed by atoms with van der Waals surface area (Å²) in [5.74, 6) is 1.61. The lowest BCUT2D eigenvalue weighted by Gasteiger charge is -2.62. The van der Waals surface area contributed by atoms with Crippen LogP contribution in [0, 0.1) is 50.7 Å². The van der Waals surface area contributed by atoms with Gasteiger partial charge in [-0.1, -0.05) is 34.6 Å². The van der Waals surface area contributed by atoms with Gasteiger partial charge in [-0.25, -0.2) is 0 Å². The summed E-state index contributed by atoms with van der Waals surface area (Å²) in [7, 11) is 0. The van der Waals surface area contributed by atoms with E-state index in [1.54, 1.807) is 13.8 Å². The van der Waals surface area contributed by atoms with Crippen molar-refractivity contribution in [3.8, 4) is 0 Å². The molecule has 35 heavy (non-hydrogen) atoms. The molecule has 5 aliphatic carbocycles. The van der Waals surface area contributed by atoms with E-state index < -0.39 is 29.3 Å². The van der Waals surface area contributed by atoms with Crippen LogP contribution >= 0.6 is 0 Å². The van der Waals surface area contributed by atoms with Gasteiger partial charge in [-0.2, -0.15) is 0 Å². The molecule has 12 atom stereocenters. The second kappa shape index (κ2) is 6.93. The third-order valence-corrected chi connectivity index (χ3v) is 13.6. The SMILES string of the molecule is C[C@@H]1C[C@H]([C@H](O)C(C)(C)O)OC2C(=O)[C@@]3(C)[C@@H]4CC[C@H]5C(C)(C)[C@@H](O)CC[C@@]56C[C@@]46CC[C@]3(C)C21. The molecule has 1 aliphatic heterocycles. The normalized spacial score (nSPS) is 57.3. The van der Waals surface area contributed by atoms with Gasteiger partial charge >= 0.3 is 0 Å². The highest BCUT2D eigenvalue weighted by Crippen LogP contribution is 2.88. The van der Waals surface area contributed by atoms with Crippen molar-refractivity contribution in [3.63, 3.8) is 0 Å². The van der Waals surface area contributed by atoms with E-state index in [2.05, 4.69) is 34.6 Å². The number of Topliss-reactive ketones (excluding diaryl/α,β-unsaturated/α-hetero) is 1. The third-order valence-electron chi connectivity index (χ3n) is 13.6. The maximum atomic E-state index is 14.5. The topological polar surface area (TPSA) is 87.0 Å². The standard InChI is InChI=1S/C30H48O5/c1-16-14-17(23(32)26(4,5)34)35-22-21(16)27(6)12-13-30-15-29(30)11-10-20(31)25(2,3)18(29)8-9-19(30)28(27,7)24(22)33/h16-23,31-32,34H,8-15H2,1-7H3/t16-,17-,18+,19+,20+,21?,22?,23+,27-,28-,29-,30+/m1/s1. The van der Waals surface area contributed by atoms with Crippen LogP contribution < -0.4 is 0 Å². The van der Waals surface area contributed by atoms with Crippen molar-refractivity contribution >= 4 is 5.78 Å². The van der Waals surface area contributed by atoms with Crippen LogP contribution in [0.3, 0.4) is 0 Å². The Balaban J connectivity index is 1.37. The summed E-state index contributed by atoms with van der Waals surface area (Å²) in [6.45, 7) is 14.7. The van der Waals surface area contributed by atoms with Crippen molar-refractivity contribution in [2.75, 3.05) is 0 Å². The third kappa shape index (κ3) is 2.68. The van der Waals surface area contributed by atoms with Gasteiger partial charge in [-0.15, -0.1) is 0 Å². The molecule has 3 N–H and O–H groups in total. The summed E-state index contributed by atoms with van der Waals surface area (Å²) in [5.41, 5.74) is -1.31. The molecule has 0 aromatic heterocycles. The highest BCUT2D eigenvalue weighted by Gasteiger charge is 2.84.